The van der Waals surface area contributed by atoms with E-state index in [9.17, 15) is 18.8 Å². The Balaban J connectivity index is 1.54. The Labute approximate surface area is 211 Å². The van der Waals surface area contributed by atoms with E-state index in [1.807, 2.05) is 0 Å². The summed E-state index contributed by atoms with van der Waals surface area (Å²) in [6, 6.07) is 13.0. The second-order valence-electron chi connectivity index (χ2n) is 8.06. The summed E-state index contributed by atoms with van der Waals surface area (Å²) in [5.41, 5.74) is 1.29. The number of benzene rings is 2. The maximum atomic E-state index is 13.2. The average Bonchev–Trinajstić information content (AvgIpc) is 3.32. The first-order chi connectivity index (χ1) is 17.3. The minimum absolute atomic E-state index is 0.0555. The largest absolute Gasteiger partial charge is 0.326 e. The molecule has 1 saturated heterocycles. The van der Waals surface area contributed by atoms with Gasteiger partial charge in [0.05, 0.1) is 6.42 Å². The van der Waals surface area contributed by atoms with Gasteiger partial charge in [0.2, 0.25) is 11.2 Å². The lowest BCUT2D eigenvalue weighted by molar-refractivity contribution is -0.746. The zero-order chi connectivity index (χ0) is 25.8. The van der Waals surface area contributed by atoms with E-state index in [1.165, 1.54) is 33.8 Å². The van der Waals surface area contributed by atoms with Gasteiger partial charge in [0.15, 0.2) is 12.2 Å². The topological polar surface area (TPSA) is 112 Å². The number of amides is 3. The number of hydrogen-bond donors (Lipinski definition) is 2. The summed E-state index contributed by atoms with van der Waals surface area (Å²) >= 11 is 5.55. The number of nitrogens with one attached hydrogen (secondary N) is 2. The fraction of sp³-hybridized carbons (Fsp3) is 0.250. The highest BCUT2D eigenvalue weighted by Gasteiger charge is 2.44. The van der Waals surface area contributed by atoms with Gasteiger partial charge in [-0.15, -0.1) is 0 Å². The molecule has 36 heavy (non-hydrogen) atoms. The number of carbonyl (C=O) groups is 3. The van der Waals surface area contributed by atoms with Crippen LogP contribution in [0.2, 0.25) is 0 Å². The predicted molar refractivity (Wildman–Crippen MR) is 131 cm³/mol. The number of aryl methyl sites for hydroxylation is 1. The van der Waals surface area contributed by atoms with Crippen LogP contribution in [0.25, 0.3) is 0 Å². The number of nitrogens with zero attached hydrogens (tertiary/aromatic N) is 4. The number of thiocarbonyl (C=S) groups is 1. The van der Waals surface area contributed by atoms with Crippen molar-refractivity contribution in [2.24, 2.45) is 7.05 Å². The molecule has 1 fully saturated rings. The molecule has 186 valence electrons. The van der Waals surface area contributed by atoms with E-state index >= 15 is 0 Å². The standard InChI is InChI=1S/C24H23FN6O4S/c1-3-30-23(34)18(13-20(32)26-17-11-9-16(25)10-12-17)31(24(30)36)14-19-22(35-28-29(19)2)27-21(33)15-7-5-4-6-8-15/h4-12,18H,3,13-14H2,1-2H3,(H-,26,27,28,32,33)/p+1. The Kier molecular flexibility index (Phi) is 7.34. The summed E-state index contributed by atoms with van der Waals surface area (Å²) in [6.07, 6.45) is -0.187. The molecule has 1 aliphatic rings. The molecule has 1 atom stereocenters. The number of likely N-dealkylation sites (N-methyl/N-ethyl adjacent to an activating group) is 1. The summed E-state index contributed by atoms with van der Waals surface area (Å²) in [7, 11) is 1.63. The van der Waals surface area contributed by atoms with Crippen LogP contribution >= 0.6 is 12.2 Å². The molecule has 1 aliphatic heterocycles. The minimum Gasteiger partial charge on any atom is -0.326 e. The SMILES string of the molecule is CCN1C(=O)C(CC(=O)Nc2ccc(F)cc2)N(Cc2c(NC(=O)c3ccccc3)on[n+]2C)C1=S. The van der Waals surface area contributed by atoms with Gasteiger partial charge in [0.25, 0.3) is 17.5 Å². The smallest absolute Gasteiger partial charge is 0.307 e. The van der Waals surface area contributed by atoms with Crippen molar-refractivity contribution in [1.82, 2.24) is 15.1 Å². The first-order valence-corrected chi connectivity index (χ1v) is 11.6. The van der Waals surface area contributed by atoms with E-state index in [0.717, 1.165) is 0 Å². The molecule has 2 heterocycles. The number of anilines is 2. The molecule has 1 unspecified atom stereocenters. The highest BCUT2D eigenvalue weighted by atomic mass is 32.1. The number of halogens is 1. The van der Waals surface area contributed by atoms with Gasteiger partial charge < -0.3 is 10.2 Å². The Hall–Kier alpha value is -4.19. The molecule has 4 rings (SSSR count). The molecule has 1 aromatic heterocycles. The molecule has 12 heteroatoms. The summed E-state index contributed by atoms with van der Waals surface area (Å²) in [4.78, 5) is 41.5. The lowest BCUT2D eigenvalue weighted by Gasteiger charge is -2.21. The fourth-order valence-corrected chi connectivity index (χ4v) is 4.24. The van der Waals surface area contributed by atoms with Crippen molar-refractivity contribution in [3.63, 3.8) is 0 Å². The van der Waals surface area contributed by atoms with Crippen LogP contribution in [0.15, 0.2) is 59.1 Å². The molecule has 0 radical (unpaired) electrons. The van der Waals surface area contributed by atoms with Gasteiger partial charge in [0.1, 0.15) is 18.4 Å². The van der Waals surface area contributed by atoms with E-state index in [0.29, 0.717) is 23.5 Å². The zero-order valence-electron chi connectivity index (χ0n) is 19.6. The number of rotatable bonds is 8. The predicted octanol–water partition coefficient (Wildman–Crippen LogP) is 2.24. The first kappa shape index (κ1) is 24.9. The van der Waals surface area contributed by atoms with Crippen molar-refractivity contribution in [3.05, 3.63) is 71.7 Å². The van der Waals surface area contributed by atoms with Crippen LogP contribution < -0.4 is 15.3 Å². The van der Waals surface area contributed by atoms with Crippen molar-refractivity contribution in [2.45, 2.75) is 25.9 Å². The lowest BCUT2D eigenvalue weighted by atomic mass is 10.1. The Bertz CT molecular complexity index is 1300. The zero-order valence-corrected chi connectivity index (χ0v) is 20.4. The van der Waals surface area contributed by atoms with Gasteiger partial charge in [0, 0.05) is 17.8 Å². The van der Waals surface area contributed by atoms with E-state index in [1.54, 1.807) is 49.2 Å². The third-order valence-corrected chi connectivity index (χ3v) is 6.17. The van der Waals surface area contributed by atoms with E-state index in [4.69, 9.17) is 16.7 Å². The molecule has 2 N–H and O–H groups in total. The highest BCUT2D eigenvalue weighted by molar-refractivity contribution is 7.80. The van der Waals surface area contributed by atoms with Crippen molar-refractivity contribution in [3.8, 4) is 0 Å². The maximum absolute atomic E-state index is 13.2. The second kappa shape index (κ2) is 10.6. The molecule has 3 aromatic rings. The average molecular weight is 512 g/mol. The molecular formula is C24H24FN6O4S+. The second-order valence-corrected chi connectivity index (χ2v) is 8.43. The van der Waals surface area contributed by atoms with Crippen molar-refractivity contribution >= 4 is 46.6 Å². The van der Waals surface area contributed by atoms with Crippen LogP contribution in [0.4, 0.5) is 16.0 Å². The molecular weight excluding hydrogens is 487 g/mol. The van der Waals surface area contributed by atoms with Crippen LogP contribution in [0.3, 0.4) is 0 Å². The van der Waals surface area contributed by atoms with Crippen molar-refractivity contribution < 1.29 is 28.0 Å². The summed E-state index contributed by atoms with van der Waals surface area (Å²) in [5, 5.41) is 9.51. The molecule has 0 aliphatic carbocycles. The van der Waals surface area contributed by atoms with Gasteiger partial charge in [-0.05, 0) is 60.2 Å². The molecule has 0 spiro atoms. The Morgan fingerprint density at radius 1 is 1.14 bits per heavy atom. The molecule has 10 nitrogen and oxygen atoms in total. The molecule has 0 saturated carbocycles. The number of aromatic nitrogens is 2. The summed E-state index contributed by atoms with van der Waals surface area (Å²) in [6.45, 7) is 2.17. The third-order valence-electron chi connectivity index (χ3n) is 5.72. The molecule has 3 amide bonds. The van der Waals surface area contributed by atoms with Crippen LogP contribution in [0.5, 0.6) is 0 Å². The van der Waals surface area contributed by atoms with Crippen molar-refractivity contribution in [1.29, 1.82) is 0 Å². The van der Waals surface area contributed by atoms with E-state index in [2.05, 4.69) is 15.9 Å². The third kappa shape index (κ3) is 5.23. The maximum Gasteiger partial charge on any atom is 0.307 e. The minimum atomic E-state index is -0.884. The van der Waals surface area contributed by atoms with Gasteiger partial charge in [-0.25, -0.2) is 4.39 Å². The Morgan fingerprint density at radius 3 is 2.50 bits per heavy atom. The van der Waals surface area contributed by atoms with E-state index < -0.39 is 17.8 Å². The van der Waals surface area contributed by atoms with Gasteiger partial charge in [-0.3, -0.25) is 29.1 Å². The van der Waals surface area contributed by atoms with Crippen molar-refractivity contribution in [2.75, 3.05) is 17.2 Å². The normalized spacial score (nSPS) is 15.4. The monoisotopic (exact) mass is 511 g/mol. The van der Waals surface area contributed by atoms with Gasteiger partial charge in [-0.2, -0.15) is 0 Å². The van der Waals surface area contributed by atoms with Gasteiger partial charge in [-0.1, -0.05) is 18.2 Å². The molecule has 2 aromatic carbocycles. The lowest BCUT2D eigenvalue weighted by Crippen LogP contribution is -2.43. The van der Waals surface area contributed by atoms with E-state index in [-0.39, 0.29) is 35.8 Å². The number of carbonyl (C=O) groups excluding carboxylic acids is 3. The summed E-state index contributed by atoms with van der Waals surface area (Å²) < 4.78 is 19.9. The van der Waals surface area contributed by atoms with Gasteiger partial charge >= 0.3 is 5.88 Å². The quantitative estimate of drug-likeness (QED) is 0.352. The molecule has 0 bridgehead atoms. The van der Waals surface area contributed by atoms with Crippen LogP contribution in [0, 0.1) is 5.82 Å². The van der Waals surface area contributed by atoms with Crippen LogP contribution in [0.1, 0.15) is 29.4 Å². The van der Waals surface area contributed by atoms with Crippen LogP contribution in [-0.4, -0.2) is 50.5 Å². The first-order valence-electron chi connectivity index (χ1n) is 11.2. The summed E-state index contributed by atoms with van der Waals surface area (Å²) in [5.74, 6) is -1.46. The number of hydrogen-bond acceptors (Lipinski definition) is 6. The van der Waals surface area contributed by atoms with Crippen LogP contribution in [-0.2, 0) is 23.2 Å². The Morgan fingerprint density at radius 2 is 1.83 bits per heavy atom. The highest BCUT2D eigenvalue weighted by Crippen LogP contribution is 2.25. The fourth-order valence-electron chi connectivity index (χ4n) is 3.83.